The zero-order valence-corrected chi connectivity index (χ0v) is 22.0. The maximum Gasteiger partial charge on any atom is 0.308 e. The number of nitrogens with two attached hydrogens (primary N) is 1. The fraction of sp³-hybridized carbons (Fsp3) is 0.520. The largest absolute Gasteiger partial charge is 0.463 e. The molecule has 0 radical (unpaired) electrons. The van der Waals surface area contributed by atoms with Gasteiger partial charge in [0.2, 0.25) is 0 Å². The number of rotatable bonds is 7. The van der Waals surface area contributed by atoms with Crippen LogP contribution in [0.3, 0.4) is 0 Å². The summed E-state index contributed by atoms with van der Waals surface area (Å²) in [7, 11) is 0. The minimum absolute atomic E-state index is 0.153. The SMILES string of the molecule is CC(=O)OC1(C)[C@H](OC(=O)C(C)C)[C@@H](COC(=O)C(C)C)O[C@H]1n1cc2c(N)cc(=O)nc3c2c1N=CN3. The molecule has 1 unspecified atom stereocenters. The van der Waals surface area contributed by atoms with Gasteiger partial charge in [0.15, 0.2) is 17.9 Å². The summed E-state index contributed by atoms with van der Waals surface area (Å²) in [5.74, 6) is -2.00. The van der Waals surface area contributed by atoms with Crippen molar-refractivity contribution in [2.24, 2.45) is 16.8 Å². The standard InChI is InChI=1S/C25H31N5O8/c1-11(2)22(33)35-9-16-19(37-23(34)12(3)4)25(6,38-13(5)31)24(36-16)30-8-14-15(26)7-17(32)29-20-18(14)21(30)28-10-27-20/h7-8,10-12,16,19,24H,9,26H2,1-6H3,(H,27,28,29,32)/t16-,19-,24-,25?/m1/s1. The van der Waals surface area contributed by atoms with Gasteiger partial charge in [-0.1, -0.05) is 27.7 Å². The summed E-state index contributed by atoms with van der Waals surface area (Å²) in [4.78, 5) is 57.9. The molecule has 4 atom stereocenters. The highest BCUT2D eigenvalue weighted by atomic mass is 16.7. The third kappa shape index (κ3) is 4.80. The Morgan fingerprint density at radius 1 is 1.21 bits per heavy atom. The molecule has 4 heterocycles. The Hall–Kier alpha value is -4.00. The van der Waals surface area contributed by atoms with E-state index in [1.807, 2.05) is 0 Å². The predicted octanol–water partition coefficient (Wildman–Crippen LogP) is 2.05. The van der Waals surface area contributed by atoms with E-state index in [1.165, 1.54) is 19.3 Å². The second-order valence-corrected chi connectivity index (χ2v) is 10.1. The number of ether oxygens (including phenoxy) is 4. The average Bonchev–Trinajstić information content (AvgIpc) is 3.28. The molecule has 0 aliphatic carbocycles. The van der Waals surface area contributed by atoms with Crippen LogP contribution in [0.15, 0.2) is 22.1 Å². The number of nitrogens with zero attached hydrogens (tertiary/aromatic N) is 3. The molecule has 0 bridgehead atoms. The first-order chi connectivity index (χ1) is 17.8. The van der Waals surface area contributed by atoms with E-state index in [0.29, 0.717) is 16.6 Å². The highest BCUT2D eigenvalue weighted by molar-refractivity contribution is 6.10. The van der Waals surface area contributed by atoms with E-state index in [-0.39, 0.29) is 18.1 Å². The fourth-order valence-electron chi connectivity index (χ4n) is 4.50. The normalized spacial score (nSPS) is 23.9. The van der Waals surface area contributed by atoms with Crippen LogP contribution in [-0.2, 0) is 33.3 Å². The van der Waals surface area contributed by atoms with E-state index >= 15 is 0 Å². The van der Waals surface area contributed by atoms with Gasteiger partial charge in [-0.05, 0) is 6.92 Å². The Kier molecular flexibility index (Phi) is 7.15. The van der Waals surface area contributed by atoms with Crippen LogP contribution < -0.4 is 16.6 Å². The second kappa shape index (κ2) is 10.0. The van der Waals surface area contributed by atoms with Crippen LogP contribution in [0.4, 0.5) is 17.3 Å². The maximum absolute atomic E-state index is 12.7. The number of aliphatic imine (C=N–C) groups is 1. The quantitative estimate of drug-likeness (QED) is 0.397. The molecule has 2 aliphatic heterocycles. The molecule has 2 aliphatic rings. The molecule has 2 aromatic rings. The number of hydrogen-bond donors (Lipinski definition) is 2. The van der Waals surface area contributed by atoms with Gasteiger partial charge in [0.1, 0.15) is 24.3 Å². The molecular weight excluding hydrogens is 498 g/mol. The number of nitrogens with one attached hydrogen (secondary N) is 1. The van der Waals surface area contributed by atoms with E-state index in [4.69, 9.17) is 24.7 Å². The summed E-state index contributed by atoms with van der Waals surface area (Å²) in [5, 5.41) is 3.75. The van der Waals surface area contributed by atoms with Gasteiger partial charge in [0.05, 0.1) is 23.6 Å². The lowest BCUT2D eigenvalue weighted by Gasteiger charge is -2.35. The topological polar surface area (TPSA) is 173 Å². The zero-order valence-electron chi connectivity index (χ0n) is 22.0. The Morgan fingerprint density at radius 2 is 1.89 bits per heavy atom. The van der Waals surface area contributed by atoms with Crippen molar-refractivity contribution >= 4 is 52.3 Å². The molecular formula is C25H31N5O8. The van der Waals surface area contributed by atoms with Crippen LogP contribution in [0.25, 0.3) is 10.8 Å². The molecule has 13 nitrogen and oxygen atoms in total. The summed E-state index contributed by atoms with van der Waals surface area (Å²) in [5.41, 5.74) is 4.23. The van der Waals surface area contributed by atoms with Crippen molar-refractivity contribution in [1.82, 2.24) is 9.55 Å². The molecule has 2 aromatic heterocycles. The molecule has 13 heteroatoms. The zero-order chi connectivity index (χ0) is 27.9. The third-order valence-corrected chi connectivity index (χ3v) is 6.33. The Morgan fingerprint density at radius 3 is 2.53 bits per heavy atom. The van der Waals surface area contributed by atoms with E-state index in [9.17, 15) is 19.2 Å². The van der Waals surface area contributed by atoms with E-state index < -0.39 is 59.3 Å². The van der Waals surface area contributed by atoms with Crippen LogP contribution in [0.1, 0.15) is 47.8 Å². The van der Waals surface area contributed by atoms with Gasteiger partial charge in [-0.15, -0.1) is 0 Å². The Bertz CT molecular complexity index is 1380. The summed E-state index contributed by atoms with van der Waals surface area (Å²) in [6.45, 7) is 9.24. The van der Waals surface area contributed by atoms with Gasteiger partial charge < -0.3 is 34.6 Å². The summed E-state index contributed by atoms with van der Waals surface area (Å²) in [6.07, 6.45) is -0.273. The first-order valence-corrected chi connectivity index (χ1v) is 12.2. The molecule has 204 valence electrons. The van der Waals surface area contributed by atoms with Gasteiger partial charge in [0.25, 0.3) is 5.56 Å². The number of nitrogen functional groups attached to an aromatic ring is 1. The lowest BCUT2D eigenvalue weighted by atomic mass is 9.95. The molecule has 0 aromatic carbocycles. The minimum Gasteiger partial charge on any atom is -0.463 e. The van der Waals surface area contributed by atoms with Gasteiger partial charge in [0, 0.05) is 30.3 Å². The van der Waals surface area contributed by atoms with Crippen molar-refractivity contribution in [1.29, 1.82) is 0 Å². The number of carbonyl (C=O) groups excluding carboxylic acids is 3. The van der Waals surface area contributed by atoms with Gasteiger partial charge in [-0.2, -0.15) is 4.98 Å². The number of anilines is 2. The molecule has 1 fully saturated rings. The highest BCUT2D eigenvalue weighted by Crippen LogP contribution is 2.48. The second-order valence-electron chi connectivity index (χ2n) is 10.1. The first kappa shape index (κ1) is 27.0. The van der Waals surface area contributed by atoms with Crippen molar-refractivity contribution < 1.29 is 33.3 Å². The molecule has 0 amide bonds. The third-order valence-electron chi connectivity index (χ3n) is 6.33. The molecule has 0 spiro atoms. The Balaban J connectivity index is 1.87. The van der Waals surface area contributed by atoms with E-state index in [0.717, 1.165) is 0 Å². The van der Waals surface area contributed by atoms with Crippen molar-refractivity contribution in [3.63, 3.8) is 0 Å². The number of esters is 3. The lowest BCUT2D eigenvalue weighted by Crippen LogP contribution is -2.50. The van der Waals surface area contributed by atoms with E-state index in [1.54, 1.807) is 45.4 Å². The Labute approximate surface area is 218 Å². The molecule has 3 N–H and O–H groups in total. The smallest absolute Gasteiger partial charge is 0.308 e. The van der Waals surface area contributed by atoms with Crippen LogP contribution in [0.2, 0.25) is 0 Å². The van der Waals surface area contributed by atoms with Crippen molar-refractivity contribution in [3.8, 4) is 0 Å². The maximum atomic E-state index is 12.7. The molecule has 0 saturated carbocycles. The van der Waals surface area contributed by atoms with Crippen LogP contribution in [-0.4, -0.2) is 58.2 Å². The average molecular weight is 530 g/mol. The summed E-state index contributed by atoms with van der Waals surface area (Å²) < 4.78 is 24.9. The number of hydrogen-bond acceptors (Lipinski definition) is 12. The summed E-state index contributed by atoms with van der Waals surface area (Å²) in [6, 6.07) is 1.19. The highest BCUT2D eigenvalue weighted by Gasteiger charge is 2.60. The summed E-state index contributed by atoms with van der Waals surface area (Å²) >= 11 is 0. The number of aromatic nitrogens is 2. The number of carbonyl (C=O) groups is 3. The molecule has 1 saturated heterocycles. The van der Waals surface area contributed by atoms with E-state index in [2.05, 4.69) is 15.3 Å². The first-order valence-electron chi connectivity index (χ1n) is 12.2. The predicted molar refractivity (Wildman–Crippen MR) is 137 cm³/mol. The lowest BCUT2D eigenvalue weighted by molar-refractivity contribution is -0.187. The van der Waals surface area contributed by atoms with Gasteiger partial charge in [-0.3, -0.25) is 19.2 Å². The van der Waals surface area contributed by atoms with Crippen LogP contribution in [0.5, 0.6) is 0 Å². The minimum atomic E-state index is -1.58. The van der Waals surface area contributed by atoms with Gasteiger partial charge in [-0.25, -0.2) is 4.99 Å². The van der Waals surface area contributed by atoms with Crippen molar-refractivity contribution in [2.45, 2.75) is 65.6 Å². The fourth-order valence-corrected chi connectivity index (χ4v) is 4.50. The van der Waals surface area contributed by atoms with Crippen LogP contribution in [0, 0.1) is 11.8 Å². The van der Waals surface area contributed by atoms with Crippen molar-refractivity contribution in [2.75, 3.05) is 17.7 Å². The van der Waals surface area contributed by atoms with Crippen molar-refractivity contribution in [3.05, 3.63) is 22.6 Å². The molecule has 4 rings (SSSR count). The molecule has 38 heavy (non-hydrogen) atoms. The monoisotopic (exact) mass is 529 g/mol. The van der Waals surface area contributed by atoms with Gasteiger partial charge >= 0.3 is 17.9 Å². The van der Waals surface area contributed by atoms with Crippen LogP contribution >= 0.6 is 0 Å².